The summed E-state index contributed by atoms with van der Waals surface area (Å²) in [6.07, 6.45) is 1.40. The molecule has 1 heterocycles. The first-order chi connectivity index (χ1) is 14.8. The summed E-state index contributed by atoms with van der Waals surface area (Å²) in [5, 5.41) is 2.83. The molecule has 7 nitrogen and oxygen atoms in total. The van der Waals surface area contributed by atoms with Crippen molar-refractivity contribution in [3.63, 3.8) is 0 Å². The van der Waals surface area contributed by atoms with Gasteiger partial charge in [0.2, 0.25) is 5.91 Å². The highest BCUT2D eigenvalue weighted by atomic mass is 19.2. The lowest BCUT2D eigenvalue weighted by Gasteiger charge is -2.22. The van der Waals surface area contributed by atoms with E-state index in [1.54, 1.807) is 18.2 Å². The molecule has 0 saturated carbocycles. The first kappa shape index (κ1) is 22.2. The zero-order valence-electron chi connectivity index (χ0n) is 17.6. The topological polar surface area (TPSA) is 82.5 Å². The van der Waals surface area contributed by atoms with Gasteiger partial charge in [-0.3, -0.25) is 4.79 Å². The Hall–Kier alpha value is -3.49. The van der Waals surface area contributed by atoms with Gasteiger partial charge >= 0.3 is 5.97 Å². The van der Waals surface area contributed by atoms with E-state index < -0.39 is 23.6 Å². The summed E-state index contributed by atoms with van der Waals surface area (Å²) in [5.74, 6) is -2.68. The number of esters is 1. The van der Waals surface area contributed by atoms with Gasteiger partial charge in [-0.05, 0) is 23.6 Å². The largest absolute Gasteiger partial charge is 0.496 e. The van der Waals surface area contributed by atoms with Crippen molar-refractivity contribution in [1.82, 2.24) is 14.9 Å². The van der Waals surface area contributed by atoms with Crippen LogP contribution in [-0.2, 0) is 16.1 Å². The van der Waals surface area contributed by atoms with E-state index in [0.717, 1.165) is 12.1 Å². The Morgan fingerprint density at radius 1 is 1.13 bits per heavy atom. The summed E-state index contributed by atoms with van der Waals surface area (Å²) in [7, 11) is 2.72. The molecule has 0 aliphatic heterocycles. The molecular formula is C22H23F2N3O4. The number of hydrogen-bond acceptors (Lipinski definition) is 5. The number of nitrogens with one attached hydrogen (secondary N) is 1. The summed E-state index contributed by atoms with van der Waals surface area (Å²) in [6, 6.07) is 6.26. The number of imidazole rings is 1. The number of rotatable bonds is 7. The molecule has 2 aromatic carbocycles. The van der Waals surface area contributed by atoms with Crippen LogP contribution < -0.4 is 10.1 Å². The first-order valence-corrected chi connectivity index (χ1v) is 9.61. The van der Waals surface area contributed by atoms with E-state index in [4.69, 9.17) is 9.47 Å². The Kier molecular flexibility index (Phi) is 6.53. The predicted octanol–water partition coefficient (Wildman–Crippen LogP) is 3.62. The Balaban J connectivity index is 1.84. The summed E-state index contributed by atoms with van der Waals surface area (Å²) < 4.78 is 38.7. The lowest BCUT2D eigenvalue weighted by molar-refractivity contribution is -0.125. The van der Waals surface area contributed by atoms with Gasteiger partial charge in [-0.2, -0.15) is 0 Å². The minimum atomic E-state index is -1.01. The molecule has 31 heavy (non-hydrogen) atoms. The van der Waals surface area contributed by atoms with E-state index in [9.17, 15) is 18.4 Å². The number of fused-ring (bicyclic) bond motifs is 1. The van der Waals surface area contributed by atoms with Gasteiger partial charge in [-0.25, -0.2) is 18.6 Å². The van der Waals surface area contributed by atoms with Crippen LogP contribution >= 0.6 is 0 Å². The van der Waals surface area contributed by atoms with Crippen LogP contribution in [0.5, 0.6) is 5.75 Å². The summed E-state index contributed by atoms with van der Waals surface area (Å²) >= 11 is 0. The first-order valence-electron chi connectivity index (χ1n) is 9.61. The molecule has 1 amide bonds. The maximum Gasteiger partial charge on any atom is 0.341 e. The molecule has 3 aromatic rings. The van der Waals surface area contributed by atoms with E-state index in [1.165, 1.54) is 25.1 Å². The number of benzene rings is 2. The second kappa shape index (κ2) is 9.11. The quantitative estimate of drug-likeness (QED) is 0.578. The number of amides is 1. The van der Waals surface area contributed by atoms with Crippen LogP contribution in [0, 0.1) is 17.6 Å². The lowest BCUT2D eigenvalue weighted by Crippen LogP contribution is -2.35. The summed E-state index contributed by atoms with van der Waals surface area (Å²) in [6.45, 7) is 3.84. The number of ether oxygens (including phenoxy) is 2. The van der Waals surface area contributed by atoms with Crippen LogP contribution in [0.4, 0.5) is 8.78 Å². The minimum Gasteiger partial charge on any atom is -0.496 e. The third-order valence-electron chi connectivity index (χ3n) is 4.95. The SMILES string of the molecule is COC(=O)c1cc(CNC(=O)C(C(C)C)n2cnc3cc(F)c(F)cc32)ccc1OC. The van der Waals surface area contributed by atoms with Gasteiger partial charge in [0.05, 0.1) is 31.6 Å². The fraction of sp³-hybridized carbons (Fsp3) is 0.318. The Morgan fingerprint density at radius 2 is 1.84 bits per heavy atom. The Labute approximate surface area is 178 Å². The second-order valence-electron chi connectivity index (χ2n) is 7.34. The number of nitrogens with zero attached hydrogens (tertiary/aromatic N) is 2. The lowest BCUT2D eigenvalue weighted by atomic mass is 10.0. The molecule has 0 bridgehead atoms. The molecular weight excluding hydrogens is 408 g/mol. The molecule has 0 aliphatic rings. The van der Waals surface area contributed by atoms with Crippen LogP contribution in [-0.4, -0.2) is 35.6 Å². The third-order valence-corrected chi connectivity index (χ3v) is 4.95. The van der Waals surface area contributed by atoms with Crippen LogP contribution in [0.25, 0.3) is 11.0 Å². The maximum atomic E-state index is 13.8. The van der Waals surface area contributed by atoms with Crippen LogP contribution in [0.2, 0.25) is 0 Å². The highest BCUT2D eigenvalue weighted by Gasteiger charge is 2.26. The monoisotopic (exact) mass is 431 g/mol. The zero-order valence-corrected chi connectivity index (χ0v) is 17.6. The van der Waals surface area contributed by atoms with E-state index in [2.05, 4.69) is 10.3 Å². The van der Waals surface area contributed by atoms with Crippen molar-refractivity contribution < 1.29 is 27.8 Å². The molecule has 0 radical (unpaired) electrons. The molecule has 0 fully saturated rings. The molecule has 1 atom stereocenters. The van der Waals surface area contributed by atoms with Gasteiger partial charge < -0.3 is 19.4 Å². The number of carbonyl (C=O) groups is 2. The van der Waals surface area contributed by atoms with Crippen LogP contribution in [0.1, 0.15) is 35.8 Å². The van der Waals surface area contributed by atoms with Crippen molar-refractivity contribution in [3.05, 3.63) is 59.4 Å². The molecule has 1 unspecified atom stereocenters. The van der Waals surface area contributed by atoms with Crippen molar-refractivity contribution in [3.8, 4) is 5.75 Å². The number of carbonyl (C=O) groups excluding carboxylic acids is 2. The molecule has 0 spiro atoms. The molecule has 0 saturated heterocycles. The third kappa shape index (κ3) is 4.50. The van der Waals surface area contributed by atoms with Gasteiger partial charge in [0.1, 0.15) is 17.4 Å². The van der Waals surface area contributed by atoms with Crippen LogP contribution in [0.15, 0.2) is 36.7 Å². The van der Waals surface area contributed by atoms with E-state index >= 15 is 0 Å². The van der Waals surface area contributed by atoms with Gasteiger partial charge in [0.15, 0.2) is 11.6 Å². The minimum absolute atomic E-state index is 0.145. The molecule has 164 valence electrons. The fourth-order valence-corrected chi connectivity index (χ4v) is 3.42. The number of methoxy groups -OCH3 is 2. The van der Waals surface area contributed by atoms with Crippen LogP contribution in [0.3, 0.4) is 0 Å². The number of halogens is 2. The van der Waals surface area contributed by atoms with Gasteiger partial charge in [0.25, 0.3) is 0 Å². The molecule has 3 rings (SSSR count). The Bertz CT molecular complexity index is 1130. The average Bonchev–Trinajstić information content (AvgIpc) is 3.13. The van der Waals surface area contributed by atoms with E-state index in [-0.39, 0.29) is 29.4 Å². The molecule has 9 heteroatoms. The average molecular weight is 431 g/mol. The highest BCUT2D eigenvalue weighted by molar-refractivity contribution is 5.92. The maximum absolute atomic E-state index is 13.8. The molecule has 1 N–H and O–H groups in total. The predicted molar refractivity (Wildman–Crippen MR) is 110 cm³/mol. The molecule has 0 aliphatic carbocycles. The smallest absolute Gasteiger partial charge is 0.341 e. The Morgan fingerprint density at radius 3 is 2.48 bits per heavy atom. The fourth-order valence-electron chi connectivity index (χ4n) is 3.42. The van der Waals surface area contributed by atoms with Crippen molar-refractivity contribution in [2.75, 3.05) is 14.2 Å². The number of hydrogen-bond donors (Lipinski definition) is 1. The zero-order chi connectivity index (χ0) is 22.7. The number of aromatic nitrogens is 2. The van der Waals surface area contributed by atoms with Gasteiger partial charge in [0, 0.05) is 18.7 Å². The van der Waals surface area contributed by atoms with Gasteiger partial charge in [-0.1, -0.05) is 19.9 Å². The van der Waals surface area contributed by atoms with E-state index in [1.807, 2.05) is 13.8 Å². The highest BCUT2D eigenvalue weighted by Crippen LogP contribution is 2.26. The standard InChI is InChI=1S/C22H23F2N3O4/c1-12(2)20(27-11-26-17-8-15(23)16(24)9-18(17)27)21(28)25-10-13-5-6-19(30-3)14(7-13)22(29)31-4/h5-9,11-12,20H,10H2,1-4H3,(H,25,28). The van der Waals surface area contributed by atoms with Crippen molar-refractivity contribution in [1.29, 1.82) is 0 Å². The normalized spacial score (nSPS) is 12.1. The summed E-state index contributed by atoms with van der Waals surface area (Å²) in [5.41, 5.74) is 1.50. The van der Waals surface area contributed by atoms with E-state index in [0.29, 0.717) is 16.8 Å². The van der Waals surface area contributed by atoms with Gasteiger partial charge in [-0.15, -0.1) is 0 Å². The van der Waals surface area contributed by atoms with Crippen molar-refractivity contribution >= 4 is 22.9 Å². The van der Waals surface area contributed by atoms with Crippen molar-refractivity contribution in [2.24, 2.45) is 5.92 Å². The van der Waals surface area contributed by atoms with Crippen molar-refractivity contribution in [2.45, 2.75) is 26.4 Å². The summed E-state index contributed by atoms with van der Waals surface area (Å²) in [4.78, 5) is 29.1. The molecule has 1 aromatic heterocycles. The second-order valence-corrected chi connectivity index (χ2v) is 7.34.